The minimum absolute atomic E-state index is 0.103. The van der Waals surface area contributed by atoms with Gasteiger partial charge in [0.2, 0.25) is 0 Å². The summed E-state index contributed by atoms with van der Waals surface area (Å²) in [6, 6.07) is 0.306. The molecule has 0 aliphatic carbocycles. The summed E-state index contributed by atoms with van der Waals surface area (Å²) in [6.45, 7) is 13.7. The van der Waals surface area contributed by atoms with E-state index in [1.165, 1.54) is 0 Å². The van der Waals surface area contributed by atoms with Crippen molar-refractivity contribution < 1.29 is 4.74 Å². The Morgan fingerprint density at radius 2 is 1.95 bits per heavy atom. The van der Waals surface area contributed by atoms with Crippen molar-refractivity contribution in [3.63, 3.8) is 0 Å². The molecule has 1 atom stereocenters. The Morgan fingerprint density at radius 3 is 2.48 bits per heavy atom. The van der Waals surface area contributed by atoms with Gasteiger partial charge in [0.05, 0.1) is 5.60 Å². The second-order valence-corrected chi connectivity index (χ2v) is 5.55. The van der Waals surface area contributed by atoms with Gasteiger partial charge in [-0.3, -0.25) is 0 Å². The van der Waals surface area contributed by atoms with Crippen molar-refractivity contribution in [2.75, 3.05) is 13.2 Å². The SMILES string of the molecule is CCCNC(Cc1nccn1CC)C(CC)(CC)OCC. The second kappa shape index (κ2) is 9.21. The summed E-state index contributed by atoms with van der Waals surface area (Å²) < 4.78 is 8.43. The lowest BCUT2D eigenvalue weighted by Crippen LogP contribution is -2.53. The molecule has 1 aromatic heterocycles. The number of hydrogen-bond donors (Lipinski definition) is 1. The van der Waals surface area contributed by atoms with E-state index < -0.39 is 0 Å². The van der Waals surface area contributed by atoms with Gasteiger partial charge >= 0.3 is 0 Å². The number of rotatable bonds is 11. The highest BCUT2D eigenvalue weighted by Crippen LogP contribution is 2.27. The standard InChI is InChI=1S/C17H33N3O/c1-6-11-18-15(17(7-2,8-3)21-10-5)14-16-19-12-13-20(16)9-4/h12-13,15,18H,6-11,14H2,1-5H3. The maximum atomic E-state index is 6.21. The first-order chi connectivity index (χ1) is 10.2. The predicted molar refractivity (Wildman–Crippen MR) is 88.6 cm³/mol. The first-order valence-corrected chi connectivity index (χ1v) is 8.54. The van der Waals surface area contributed by atoms with Crippen LogP contribution in [0.4, 0.5) is 0 Å². The van der Waals surface area contributed by atoms with Crippen LogP contribution in [0.3, 0.4) is 0 Å². The molecule has 0 aliphatic heterocycles. The van der Waals surface area contributed by atoms with Crippen molar-refractivity contribution in [2.45, 2.75) is 78.5 Å². The van der Waals surface area contributed by atoms with Gasteiger partial charge in [-0.1, -0.05) is 20.8 Å². The fourth-order valence-electron chi connectivity index (χ4n) is 3.10. The smallest absolute Gasteiger partial charge is 0.110 e. The van der Waals surface area contributed by atoms with Crippen LogP contribution < -0.4 is 5.32 Å². The molecule has 0 spiro atoms. The minimum Gasteiger partial charge on any atom is -0.374 e. The summed E-state index contributed by atoms with van der Waals surface area (Å²) in [6.07, 6.45) is 8.05. The lowest BCUT2D eigenvalue weighted by molar-refractivity contribution is -0.0723. The number of nitrogens with one attached hydrogen (secondary N) is 1. The van der Waals surface area contributed by atoms with Gasteiger partial charge in [-0.2, -0.15) is 0 Å². The van der Waals surface area contributed by atoms with Crippen LogP contribution in [0.2, 0.25) is 0 Å². The zero-order valence-electron chi connectivity index (χ0n) is 14.5. The Bertz CT molecular complexity index is 385. The van der Waals surface area contributed by atoms with Crippen LogP contribution in [0.15, 0.2) is 12.4 Å². The van der Waals surface area contributed by atoms with Gasteiger partial charge < -0.3 is 14.6 Å². The summed E-state index contributed by atoms with van der Waals surface area (Å²) in [5.74, 6) is 1.15. The van der Waals surface area contributed by atoms with Gasteiger partial charge in [-0.25, -0.2) is 4.98 Å². The van der Waals surface area contributed by atoms with E-state index in [-0.39, 0.29) is 5.60 Å². The normalized spacial score (nSPS) is 13.6. The van der Waals surface area contributed by atoms with E-state index in [2.05, 4.69) is 55.7 Å². The van der Waals surface area contributed by atoms with Crippen molar-refractivity contribution in [2.24, 2.45) is 0 Å². The van der Waals surface area contributed by atoms with Crippen molar-refractivity contribution in [1.82, 2.24) is 14.9 Å². The fourth-order valence-corrected chi connectivity index (χ4v) is 3.10. The summed E-state index contributed by atoms with van der Waals surface area (Å²) in [7, 11) is 0. The van der Waals surface area contributed by atoms with Gasteiger partial charge in [-0.15, -0.1) is 0 Å². The number of ether oxygens (including phenoxy) is 1. The quantitative estimate of drug-likeness (QED) is 0.680. The molecule has 4 nitrogen and oxygen atoms in total. The zero-order valence-corrected chi connectivity index (χ0v) is 14.5. The molecule has 0 saturated heterocycles. The molecule has 0 saturated carbocycles. The second-order valence-electron chi connectivity index (χ2n) is 5.55. The van der Waals surface area contributed by atoms with Crippen LogP contribution >= 0.6 is 0 Å². The van der Waals surface area contributed by atoms with Crippen molar-refractivity contribution in [1.29, 1.82) is 0 Å². The van der Waals surface area contributed by atoms with E-state index >= 15 is 0 Å². The van der Waals surface area contributed by atoms with Crippen LogP contribution in [-0.4, -0.2) is 34.3 Å². The molecule has 0 aliphatic rings. The number of aromatic nitrogens is 2. The number of nitrogens with zero attached hydrogens (tertiary/aromatic N) is 2. The molecule has 0 radical (unpaired) electrons. The molecule has 1 rings (SSSR count). The zero-order chi connectivity index (χ0) is 15.7. The maximum Gasteiger partial charge on any atom is 0.110 e. The van der Waals surface area contributed by atoms with E-state index in [1.54, 1.807) is 0 Å². The Labute approximate surface area is 130 Å². The third-order valence-electron chi connectivity index (χ3n) is 4.43. The minimum atomic E-state index is -0.103. The molecule has 1 N–H and O–H groups in total. The van der Waals surface area contributed by atoms with E-state index in [1.807, 2.05) is 6.20 Å². The van der Waals surface area contributed by atoms with Crippen molar-refractivity contribution in [3.05, 3.63) is 18.2 Å². The third kappa shape index (κ3) is 4.55. The van der Waals surface area contributed by atoms with Crippen LogP contribution in [-0.2, 0) is 17.7 Å². The molecule has 4 heteroatoms. The first kappa shape index (κ1) is 18.2. The number of hydrogen-bond acceptors (Lipinski definition) is 3. The topological polar surface area (TPSA) is 39.1 Å². The summed E-state index contributed by atoms with van der Waals surface area (Å²) >= 11 is 0. The van der Waals surface area contributed by atoms with E-state index in [4.69, 9.17) is 4.74 Å². The van der Waals surface area contributed by atoms with Gasteiger partial charge in [0.25, 0.3) is 0 Å². The Balaban J connectivity index is 2.97. The largest absolute Gasteiger partial charge is 0.374 e. The molecular weight excluding hydrogens is 262 g/mol. The number of aryl methyl sites for hydroxylation is 1. The molecule has 1 unspecified atom stereocenters. The maximum absolute atomic E-state index is 6.21. The fraction of sp³-hybridized carbons (Fsp3) is 0.824. The summed E-state index contributed by atoms with van der Waals surface area (Å²) in [4.78, 5) is 4.54. The van der Waals surface area contributed by atoms with Gasteiger partial charge in [-0.05, 0) is 39.7 Å². The highest BCUT2D eigenvalue weighted by Gasteiger charge is 2.36. The molecule has 0 amide bonds. The van der Waals surface area contributed by atoms with Gasteiger partial charge in [0.1, 0.15) is 5.82 Å². The molecular formula is C17H33N3O. The Kier molecular flexibility index (Phi) is 7.97. The molecule has 1 heterocycles. The van der Waals surface area contributed by atoms with E-state index in [9.17, 15) is 0 Å². The molecule has 21 heavy (non-hydrogen) atoms. The van der Waals surface area contributed by atoms with Crippen molar-refractivity contribution in [3.8, 4) is 0 Å². The van der Waals surface area contributed by atoms with Crippen LogP contribution in [0.5, 0.6) is 0 Å². The predicted octanol–water partition coefficient (Wildman–Crippen LogP) is 3.41. The molecule has 0 fully saturated rings. The number of imidazole rings is 1. The monoisotopic (exact) mass is 295 g/mol. The molecule has 1 aromatic rings. The lowest BCUT2D eigenvalue weighted by atomic mass is 9.85. The molecule has 0 aromatic carbocycles. The lowest BCUT2D eigenvalue weighted by Gasteiger charge is -2.40. The van der Waals surface area contributed by atoms with Crippen LogP contribution in [0.25, 0.3) is 0 Å². The van der Waals surface area contributed by atoms with E-state index in [0.717, 1.165) is 51.2 Å². The average molecular weight is 295 g/mol. The van der Waals surface area contributed by atoms with Gasteiger partial charge in [0.15, 0.2) is 0 Å². The Hall–Kier alpha value is -0.870. The summed E-state index contributed by atoms with van der Waals surface area (Å²) in [5, 5.41) is 3.71. The third-order valence-corrected chi connectivity index (χ3v) is 4.43. The van der Waals surface area contributed by atoms with Crippen LogP contribution in [0.1, 0.15) is 59.7 Å². The highest BCUT2D eigenvalue weighted by atomic mass is 16.5. The average Bonchev–Trinajstić information content (AvgIpc) is 2.96. The summed E-state index contributed by atoms with van der Waals surface area (Å²) in [5.41, 5.74) is -0.103. The van der Waals surface area contributed by atoms with E-state index in [0.29, 0.717) is 6.04 Å². The highest BCUT2D eigenvalue weighted by molar-refractivity contribution is 5.02. The Morgan fingerprint density at radius 1 is 1.24 bits per heavy atom. The molecule has 122 valence electrons. The first-order valence-electron chi connectivity index (χ1n) is 8.54. The van der Waals surface area contributed by atoms with Gasteiger partial charge in [0, 0.05) is 38.0 Å². The van der Waals surface area contributed by atoms with Crippen molar-refractivity contribution >= 4 is 0 Å². The van der Waals surface area contributed by atoms with Crippen LogP contribution in [0, 0.1) is 0 Å². The molecule has 0 bridgehead atoms.